The quantitative estimate of drug-likeness (QED) is 0.864. The molecule has 2 rings (SSSR count). The Labute approximate surface area is 103 Å². The van der Waals surface area contributed by atoms with E-state index in [-0.39, 0.29) is 18.2 Å². The lowest BCUT2D eigenvalue weighted by Gasteiger charge is -2.40. The Bertz CT molecular complexity index is 328. The predicted octanol–water partition coefficient (Wildman–Crippen LogP) is 1.78. The molecule has 3 atom stereocenters. The number of halogens is 1. The SMILES string of the molecule is COC1C(N)CC1Oc1ccc(I)cc1. The van der Waals surface area contributed by atoms with Gasteiger partial charge in [0.15, 0.2) is 0 Å². The lowest BCUT2D eigenvalue weighted by molar-refractivity contribution is -0.0782. The zero-order valence-electron chi connectivity index (χ0n) is 8.52. The van der Waals surface area contributed by atoms with Crippen LogP contribution in [0.25, 0.3) is 0 Å². The second-order valence-electron chi connectivity index (χ2n) is 3.71. The molecule has 1 aromatic rings. The van der Waals surface area contributed by atoms with E-state index in [1.807, 2.05) is 24.3 Å². The van der Waals surface area contributed by atoms with Gasteiger partial charge in [-0.1, -0.05) is 0 Å². The zero-order chi connectivity index (χ0) is 10.8. The predicted molar refractivity (Wildman–Crippen MR) is 67.0 cm³/mol. The van der Waals surface area contributed by atoms with E-state index in [2.05, 4.69) is 22.6 Å². The van der Waals surface area contributed by atoms with E-state index in [0.29, 0.717) is 0 Å². The van der Waals surface area contributed by atoms with Crippen LogP contribution in [0.15, 0.2) is 24.3 Å². The van der Waals surface area contributed by atoms with Crippen molar-refractivity contribution in [3.8, 4) is 5.75 Å². The van der Waals surface area contributed by atoms with Gasteiger partial charge in [-0.15, -0.1) is 0 Å². The Hall–Kier alpha value is -0.330. The topological polar surface area (TPSA) is 44.5 Å². The maximum absolute atomic E-state index is 5.80. The van der Waals surface area contributed by atoms with Crippen molar-refractivity contribution in [1.82, 2.24) is 0 Å². The molecule has 82 valence electrons. The second-order valence-corrected chi connectivity index (χ2v) is 4.96. The lowest BCUT2D eigenvalue weighted by atomic mass is 9.86. The zero-order valence-corrected chi connectivity index (χ0v) is 10.7. The van der Waals surface area contributed by atoms with Gasteiger partial charge in [0.25, 0.3) is 0 Å². The molecule has 0 heterocycles. The van der Waals surface area contributed by atoms with E-state index in [4.69, 9.17) is 15.2 Å². The van der Waals surface area contributed by atoms with Crippen molar-refractivity contribution in [2.24, 2.45) is 5.73 Å². The number of hydrogen-bond acceptors (Lipinski definition) is 3. The van der Waals surface area contributed by atoms with Crippen LogP contribution in [-0.4, -0.2) is 25.4 Å². The Morgan fingerprint density at radius 3 is 2.53 bits per heavy atom. The first-order chi connectivity index (χ1) is 7.20. The van der Waals surface area contributed by atoms with Crippen molar-refractivity contribution < 1.29 is 9.47 Å². The fourth-order valence-corrected chi connectivity index (χ4v) is 2.11. The standard InChI is InChI=1S/C11H14INO2/c1-14-11-9(13)6-10(11)15-8-4-2-7(12)3-5-8/h2-5,9-11H,6,13H2,1H3. The normalized spacial score (nSPS) is 29.7. The van der Waals surface area contributed by atoms with Crippen LogP contribution in [0.3, 0.4) is 0 Å². The summed E-state index contributed by atoms with van der Waals surface area (Å²) in [6, 6.07) is 8.10. The molecule has 3 nitrogen and oxygen atoms in total. The molecule has 0 aliphatic heterocycles. The minimum atomic E-state index is 0.0317. The van der Waals surface area contributed by atoms with E-state index < -0.39 is 0 Å². The van der Waals surface area contributed by atoms with Crippen LogP contribution < -0.4 is 10.5 Å². The van der Waals surface area contributed by atoms with Crippen molar-refractivity contribution in [3.05, 3.63) is 27.8 Å². The summed E-state index contributed by atoms with van der Waals surface area (Å²) in [5.74, 6) is 0.884. The van der Waals surface area contributed by atoms with E-state index in [0.717, 1.165) is 12.2 Å². The summed E-state index contributed by atoms with van der Waals surface area (Å²) in [7, 11) is 1.67. The Morgan fingerprint density at radius 2 is 2.00 bits per heavy atom. The average molecular weight is 319 g/mol. The first-order valence-corrected chi connectivity index (χ1v) is 5.99. The van der Waals surface area contributed by atoms with Gasteiger partial charge >= 0.3 is 0 Å². The highest BCUT2D eigenvalue weighted by molar-refractivity contribution is 14.1. The number of rotatable bonds is 3. The van der Waals surface area contributed by atoms with Crippen LogP contribution in [0.1, 0.15) is 6.42 Å². The highest BCUT2D eigenvalue weighted by Gasteiger charge is 2.40. The first-order valence-electron chi connectivity index (χ1n) is 4.91. The number of benzene rings is 1. The van der Waals surface area contributed by atoms with E-state index in [1.54, 1.807) is 7.11 Å². The van der Waals surface area contributed by atoms with Crippen LogP contribution in [0.5, 0.6) is 5.75 Å². The third-order valence-corrected chi connectivity index (χ3v) is 3.39. The monoisotopic (exact) mass is 319 g/mol. The van der Waals surface area contributed by atoms with Gasteiger partial charge in [-0.25, -0.2) is 0 Å². The molecule has 0 amide bonds. The molecule has 1 aliphatic rings. The van der Waals surface area contributed by atoms with Gasteiger partial charge < -0.3 is 15.2 Å². The average Bonchev–Trinajstić information content (AvgIpc) is 2.21. The van der Waals surface area contributed by atoms with Gasteiger partial charge in [-0.05, 0) is 46.9 Å². The van der Waals surface area contributed by atoms with Gasteiger partial charge in [-0.3, -0.25) is 0 Å². The maximum atomic E-state index is 5.80. The van der Waals surface area contributed by atoms with E-state index in [9.17, 15) is 0 Å². The first kappa shape index (κ1) is 11.2. The molecule has 0 bridgehead atoms. The van der Waals surface area contributed by atoms with Crippen LogP contribution in [0.2, 0.25) is 0 Å². The number of ether oxygens (including phenoxy) is 2. The minimum Gasteiger partial charge on any atom is -0.488 e. The van der Waals surface area contributed by atoms with Gasteiger partial charge in [-0.2, -0.15) is 0 Å². The van der Waals surface area contributed by atoms with Gasteiger partial charge in [0.05, 0.1) is 0 Å². The molecule has 15 heavy (non-hydrogen) atoms. The smallest absolute Gasteiger partial charge is 0.128 e. The fourth-order valence-electron chi connectivity index (χ4n) is 1.75. The molecule has 0 radical (unpaired) electrons. The summed E-state index contributed by atoms with van der Waals surface area (Å²) in [4.78, 5) is 0. The Balaban J connectivity index is 1.95. The molecule has 4 heteroatoms. The summed E-state index contributed by atoms with van der Waals surface area (Å²) in [6.45, 7) is 0. The molecule has 0 aromatic heterocycles. The number of nitrogens with two attached hydrogens (primary N) is 1. The molecule has 1 aliphatic carbocycles. The van der Waals surface area contributed by atoms with Crippen molar-refractivity contribution in [3.63, 3.8) is 0 Å². The molecule has 1 fully saturated rings. The molecular formula is C11H14INO2. The Morgan fingerprint density at radius 1 is 1.33 bits per heavy atom. The van der Waals surface area contributed by atoms with E-state index in [1.165, 1.54) is 3.57 Å². The van der Waals surface area contributed by atoms with Crippen molar-refractivity contribution in [2.45, 2.75) is 24.7 Å². The van der Waals surface area contributed by atoms with Gasteiger partial charge in [0.2, 0.25) is 0 Å². The minimum absolute atomic E-state index is 0.0317. The summed E-state index contributed by atoms with van der Waals surface area (Å²) in [5, 5.41) is 0. The van der Waals surface area contributed by atoms with Gasteiger partial charge in [0, 0.05) is 23.1 Å². The maximum Gasteiger partial charge on any atom is 0.128 e. The Kier molecular flexibility index (Phi) is 3.48. The summed E-state index contributed by atoms with van der Waals surface area (Å²) in [5.41, 5.74) is 5.80. The molecular weight excluding hydrogens is 305 g/mol. The lowest BCUT2D eigenvalue weighted by Crippen LogP contribution is -2.59. The van der Waals surface area contributed by atoms with Crippen molar-refractivity contribution in [2.75, 3.05) is 7.11 Å². The van der Waals surface area contributed by atoms with Crippen LogP contribution >= 0.6 is 22.6 Å². The highest BCUT2D eigenvalue weighted by Crippen LogP contribution is 2.27. The van der Waals surface area contributed by atoms with Crippen LogP contribution in [0, 0.1) is 3.57 Å². The second kappa shape index (κ2) is 4.67. The van der Waals surface area contributed by atoms with Crippen LogP contribution in [0.4, 0.5) is 0 Å². The van der Waals surface area contributed by atoms with Crippen molar-refractivity contribution in [1.29, 1.82) is 0 Å². The summed E-state index contributed by atoms with van der Waals surface area (Å²) in [6.07, 6.45) is 0.999. The fraction of sp³-hybridized carbons (Fsp3) is 0.455. The van der Waals surface area contributed by atoms with Crippen molar-refractivity contribution >= 4 is 22.6 Å². The van der Waals surface area contributed by atoms with E-state index >= 15 is 0 Å². The molecule has 0 spiro atoms. The third-order valence-electron chi connectivity index (χ3n) is 2.67. The summed E-state index contributed by atoms with van der Waals surface area (Å²) < 4.78 is 12.2. The molecule has 2 N–H and O–H groups in total. The number of hydrogen-bond donors (Lipinski definition) is 1. The highest BCUT2D eigenvalue weighted by atomic mass is 127. The summed E-state index contributed by atoms with van der Waals surface area (Å²) >= 11 is 2.27. The van der Waals surface area contributed by atoms with Gasteiger partial charge in [0.1, 0.15) is 18.0 Å². The van der Waals surface area contributed by atoms with Crippen LogP contribution in [-0.2, 0) is 4.74 Å². The molecule has 3 unspecified atom stereocenters. The molecule has 1 saturated carbocycles. The molecule has 0 saturated heterocycles. The number of methoxy groups -OCH3 is 1. The largest absolute Gasteiger partial charge is 0.488 e. The third kappa shape index (κ3) is 2.43. The molecule has 1 aromatic carbocycles.